The molecule has 0 radical (unpaired) electrons. The molecule has 11 heteroatoms. The van der Waals surface area contributed by atoms with Gasteiger partial charge in [0, 0.05) is 17.6 Å². The molecule has 1 aliphatic rings. The number of anilines is 1. The SMILES string of the molecule is Cl.Cl.NCC(=O)N[C@H]1CN[C@H](C(=O)Nc2nc3cc(Cl)ccc3o2)C1. The lowest BCUT2D eigenvalue weighted by atomic mass is 10.1. The summed E-state index contributed by atoms with van der Waals surface area (Å²) in [5.74, 6) is -0.513. The van der Waals surface area contributed by atoms with Gasteiger partial charge in [-0.05, 0) is 24.6 Å². The van der Waals surface area contributed by atoms with Crippen LogP contribution < -0.4 is 21.7 Å². The Bertz CT molecular complexity index is 754. The van der Waals surface area contributed by atoms with E-state index in [-0.39, 0.29) is 55.2 Å². The molecule has 3 rings (SSSR count). The molecule has 8 nitrogen and oxygen atoms in total. The van der Waals surface area contributed by atoms with Crippen LogP contribution in [0, 0.1) is 0 Å². The number of hydrogen-bond donors (Lipinski definition) is 4. The zero-order valence-electron chi connectivity index (χ0n) is 13.0. The second kappa shape index (κ2) is 9.21. The standard InChI is InChI=1S/C14H16ClN5O3.2ClH/c15-7-1-2-11-9(3-7)19-14(23-11)20-13(22)10-4-8(6-17-10)18-12(21)5-16;;/h1-3,8,10,17H,4-6,16H2,(H,18,21)(H,19,20,22);2*1H/t8-,10+;;/m1../s1. The van der Waals surface area contributed by atoms with Gasteiger partial charge in [-0.1, -0.05) is 11.6 Å². The van der Waals surface area contributed by atoms with E-state index >= 15 is 0 Å². The van der Waals surface area contributed by atoms with Crippen LogP contribution in [-0.4, -0.2) is 42.0 Å². The van der Waals surface area contributed by atoms with Gasteiger partial charge >= 0.3 is 6.01 Å². The lowest BCUT2D eigenvalue weighted by Crippen LogP contribution is -2.39. The first-order valence-corrected chi connectivity index (χ1v) is 7.52. The Kier molecular flexibility index (Phi) is 7.91. The Balaban J connectivity index is 0.00000156. The summed E-state index contributed by atoms with van der Waals surface area (Å²) in [5.41, 5.74) is 6.36. The number of amides is 2. The summed E-state index contributed by atoms with van der Waals surface area (Å²) in [5, 5.41) is 8.95. The largest absolute Gasteiger partial charge is 0.423 e. The molecule has 5 N–H and O–H groups in total. The molecule has 138 valence electrons. The van der Waals surface area contributed by atoms with Crippen LogP contribution in [0.3, 0.4) is 0 Å². The molecule has 1 aromatic heterocycles. The zero-order chi connectivity index (χ0) is 16.4. The number of nitrogens with two attached hydrogens (primary N) is 1. The van der Waals surface area contributed by atoms with Crippen LogP contribution in [0.1, 0.15) is 6.42 Å². The molecule has 1 aliphatic heterocycles. The van der Waals surface area contributed by atoms with Crippen molar-refractivity contribution in [3.8, 4) is 0 Å². The average Bonchev–Trinajstić information content (AvgIpc) is 3.13. The van der Waals surface area contributed by atoms with Gasteiger partial charge in [0.25, 0.3) is 0 Å². The van der Waals surface area contributed by atoms with Crippen molar-refractivity contribution in [1.82, 2.24) is 15.6 Å². The van der Waals surface area contributed by atoms with Crippen LogP contribution in [-0.2, 0) is 9.59 Å². The highest BCUT2D eigenvalue weighted by Crippen LogP contribution is 2.22. The fraction of sp³-hybridized carbons (Fsp3) is 0.357. The highest BCUT2D eigenvalue weighted by atomic mass is 35.5. The molecule has 2 amide bonds. The summed E-state index contributed by atoms with van der Waals surface area (Å²) in [6.07, 6.45) is 0.476. The Morgan fingerprint density at radius 2 is 2.16 bits per heavy atom. The minimum Gasteiger partial charge on any atom is -0.423 e. The van der Waals surface area contributed by atoms with Crippen molar-refractivity contribution >= 4 is 65.3 Å². The fourth-order valence-electron chi connectivity index (χ4n) is 2.48. The first-order chi connectivity index (χ1) is 11.0. The summed E-state index contributed by atoms with van der Waals surface area (Å²) in [6, 6.07) is 4.59. The highest BCUT2D eigenvalue weighted by Gasteiger charge is 2.30. The van der Waals surface area contributed by atoms with Crippen LogP contribution in [0.4, 0.5) is 6.01 Å². The monoisotopic (exact) mass is 409 g/mol. The number of nitrogens with one attached hydrogen (secondary N) is 3. The molecule has 0 unspecified atom stereocenters. The van der Waals surface area contributed by atoms with E-state index in [1.165, 1.54) is 0 Å². The number of aromatic nitrogens is 1. The summed E-state index contributed by atoms with van der Waals surface area (Å²) in [6.45, 7) is 0.436. The molecule has 0 aliphatic carbocycles. The quantitative estimate of drug-likeness (QED) is 0.598. The first-order valence-electron chi connectivity index (χ1n) is 7.15. The van der Waals surface area contributed by atoms with Crippen molar-refractivity contribution in [2.24, 2.45) is 5.73 Å². The molecule has 1 aromatic carbocycles. The number of hydrogen-bond acceptors (Lipinski definition) is 6. The summed E-state index contributed by atoms with van der Waals surface area (Å²) in [7, 11) is 0. The number of rotatable bonds is 4. The second-order valence-corrected chi connectivity index (χ2v) is 5.72. The van der Waals surface area contributed by atoms with Gasteiger partial charge in [-0.3, -0.25) is 14.9 Å². The second-order valence-electron chi connectivity index (χ2n) is 5.29. The molecule has 2 atom stereocenters. The zero-order valence-corrected chi connectivity index (χ0v) is 15.3. The maximum Gasteiger partial charge on any atom is 0.302 e. The van der Waals surface area contributed by atoms with Gasteiger partial charge in [0.15, 0.2) is 5.58 Å². The van der Waals surface area contributed by atoms with Crippen molar-refractivity contribution in [1.29, 1.82) is 0 Å². The molecular formula is C14H18Cl3N5O3. The number of oxazole rings is 1. The predicted molar refractivity (Wildman–Crippen MR) is 99.5 cm³/mol. The van der Waals surface area contributed by atoms with Crippen molar-refractivity contribution in [3.63, 3.8) is 0 Å². The van der Waals surface area contributed by atoms with Gasteiger partial charge in [0.1, 0.15) is 5.52 Å². The summed E-state index contributed by atoms with van der Waals surface area (Å²) < 4.78 is 5.45. The van der Waals surface area contributed by atoms with E-state index in [1.54, 1.807) is 18.2 Å². The van der Waals surface area contributed by atoms with Gasteiger partial charge in [-0.25, -0.2) is 0 Å². The van der Waals surface area contributed by atoms with Crippen molar-refractivity contribution < 1.29 is 14.0 Å². The number of fused-ring (bicyclic) bond motifs is 1. The lowest BCUT2D eigenvalue weighted by Gasteiger charge is -2.11. The maximum atomic E-state index is 12.2. The highest BCUT2D eigenvalue weighted by molar-refractivity contribution is 6.31. The number of nitrogens with zero attached hydrogens (tertiary/aromatic N) is 1. The van der Waals surface area contributed by atoms with E-state index in [2.05, 4.69) is 20.9 Å². The van der Waals surface area contributed by atoms with E-state index in [0.717, 1.165) is 0 Å². The first kappa shape index (κ1) is 21.5. The summed E-state index contributed by atoms with van der Waals surface area (Å²) in [4.78, 5) is 27.7. The lowest BCUT2D eigenvalue weighted by molar-refractivity contribution is -0.121. The van der Waals surface area contributed by atoms with Crippen molar-refractivity contribution in [2.45, 2.75) is 18.5 Å². The Hall–Kier alpha value is -1.58. The molecule has 25 heavy (non-hydrogen) atoms. The molecule has 0 saturated carbocycles. The number of halogens is 3. The smallest absolute Gasteiger partial charge is 0.302 e. The van der Waals surface area contributed by atoms with E-state index in [4.69, 9.17) is 21.8 Å². The molecule has 0 spiro atoms. The molecule has 2 aromatic rings. The van der Waals surface area contributed by atoms with Gasteiger partial charge in [0.05, 0.1) is 12.6 Å². The van der Waals surface area contributed by atoms with E-state index in [9.17, 15) is 9.59 Å². The van der Waals surface area contributed by atoms with Gasteiger partial charge in [0.2, 0.25) is 11.8 Å². The number of benzene rings is 1. The predicted octanol–water partition coefficient (Wildman–Crippen LogP) is 1.07. The third-order valence-corrected chi connectivity index (χ3v) is 3.81. The van der Waals surface area contributed by atoms with E-state index in [1.807, 2.05) is 0 Å². The molecule has 1 fully saturated rings. The Labute approximate surface area is 161 Å². The van der Waals surface area contributed by atoms with Gasteiger partial charge in [-0.2, -0.15) is 4.98 Å². The topological polar surface area (TPSA) is 122 Å². The third kappa shape index (κ3) is 5.20. The van der Waals surface area contributed by atoms with Crippen LogP contribution in [0.15, 0.2) is 22.6 Å². The number of carbonyl (C=O) groups excluding carboxylic acids is 2. The number of carbonyl (C=O) groups is 2. The Morgan fingerprint density at radius 1 is 1.40 bits per heavy atom. The van der Waals surface area contributed by atoms with E-state index in [0.29, 0.717) is 29.1 Å². The molecular weight excluding hydrogens is 393 g/mol. The molecule has 2 heterocycles. The minimum absolute atomic E-state index is 0. The molecule has 0 bridgehead atoms. The van der Waals surface area contributed by atoms with E-state index < -0.39 is 6.04 Å². The van der Waals surface area contributed by atoms with Crippen molar-refractivity contribution in [3.05, 3.63) is 23.2 Å². The average molecular weight is 411 g/mol. The minimum atomic E-state index is -0.434. The van der Waals surface area contributed by atoms with Crippen LogP contribution >= 0.6 is 36.4 Å². The maximum absolute atomic E-state index is 12.2. The third-order valence-electron chi connectivity index (χ3n) is 3.58. The van der Waals surface area contributed by atoms with Crippen molar-refractivity contribution in [2.75, 3.05) is 18.4 Å². The van der Waals surface area contributed by atoms with Gasteiger partial charge in [-0.15, -0.1) is 24.8 Å². The Morgan fingerprint density at radius 3 is 2.88 bits per heavy atom. The van der Waals surface area contributed by atoms with Crippen LogP contribution in [0.2, 0.25) is 5.02 Å². The van der Waals surface area contributed by atoms with Crippen LogP contribution in [0.5, 0.6) is 0 Å². The van der Waals surface area contributed by atoms with Crippen LogP contribution in [0.25, 0.3) is 11.1 Å². The normalized spacial score (nSPS) is 19.0. The fourth-order valence-corrected chi connectivity index (χ4v) is 2.64. The van der Waals surface area contributed by atoms with Gasteiger partial charge < -0.3 is 20.8 Å². The molecule has 1 saturated heterocycles. The summed E-state index contributed by atoms with van der Waals surface area (Å²) >= 11 is 5.88.